The molecule has 2 unspecified atom stereocenters. The highest BCUT2D eigenvalue weighted by Crippen LogP contribution is 2.29. The maximum Gasteiger partial charge on any atom is 0.0819 e. The SMILES string of the molecule is CCOC(C)CC(C)(I)[C@@H](O)CCl. The van der Waals surface area contributed by atoms with E-state index in [4.69, 9.17) is 16.3 Å². The lowest BCUT2D eigenvalue weighted by Gasteiger charge is -2.29. The molecule has 0 aliphatic rings. The quantitative estimate of drug-likeness (QED) is 0.602. The van der Waals surface area contributed by atoms with E-state index in [9.17, 15) is 5.11 Å². The maximum atomic E-state index is 9.61. The van der Waals surface area contributed by atoms with Crippen molar-refractivity contribution in [3.63, 3.8) is 0 Å². The van der Waals surface area contributed by atoms with E-state index in [0.717, 1.165) is 6.42 Å². The molecule has 0 heterocycles. The highest BCUT2D eigenvalue weighted by molar-refractivity contribution is 14.1. The first-order valence-corrected chi connectivity index (χ1v) is 6.10. The second-order valence-electron chi connectivity index (χ2n) is 3.42. The third kappa shape index (κ3) is 5.40. The molecule has 0 aliphatic heterocycles. The average Bonchev–Trinajstić information content (AvgIpc) is 2.02. The van der Waals surface area contributed by atoms with E-state index in [1.807, 2.05) is 20.8 Å². The van der Waals surface area contributed by atoms with Gasteiger partial charge in [-0.2, -0.15) is 0 Å². The van der Waals surface area contributed by atoms with Crippen molar-refractivity contribution >= 4 is 34.2 Å². The Morgan fingerprint density at radius 2 is 2.15 bits per heavy atom. The number of aliphatic hydroxyl groups is 1. The number of alkyl halides is 2. The Balaban J connectivity index is 3.99. The molecule has 0 aromatic heterocycles. The van der Waals surface area contributed by atoms with E-state index in [1.165, 1.54) is 0 Å². The molecule has 0 amide bonds. The van der Waals surface area contributed by atoms with Crippen molar-refractivity contribution in [2.24, 2.45) is 0 Å². The number of hydrogen-bond donors (Lipinski definition) is 1. The predicted molar refractivity (Wildman–Crippen MR) is 64.9 cm³/mol. The zero-order chi connectivity index (χ0) is 10.5. The van der Waals surface area contributed by atoms with E-state index in [2.05, 4.69) is 22.6 Å². The highest BCUT2D eigenvalue weighted by Gasteiger charge is 2.31. The molecule has 0 spiro atoms. The fraction of sp³-hybridized carbons (Fsp3) is 1.00. The third-order valence-corrected chi connectivity index (χ3v) is 3.43. The third-order valence-electron chi connectivity index (χ3n) is 1.98. The molecule has 0 saturated heterocycles. The van der Waals surface area contributed by atoms with Gasteiger partial charge in [0.2, 0.25) is 0 Å². The smallest absolute Gasteiger partial charge is 0.0819 e. The summed E-state index contributed by atoms with van der Waals surface area (Å²) in [5, 5.41) is 9.61. The molecule has 2 nitrogen and oxygen atoms in total. The molecular weight excluding hydrogens is 302 g/mol. The van der Waals surface area contributed by atoms with Crippen LogP contribution < -0.4 is 0 Å². The molecule has 0 aromatic rings. The van der Waals surface area contributed by atoms with Gasteiger partial charge in [-0.25, -0.2) is 0 Å². The minimum absolute atomic E-state index is 0.171. The highest BCUT2D eigenvalue weighted by atomic mass is 127. The van der Waals surface area contributed by atoms with Gasteiger partial charge in [-0.15, -0.1) is 11.6 Å². The van der Waals surface area contributed by atoms with Crippen molar-refractivity contribution in [3.05, 3.63) is 0 Å². The first kappa shape index (κ1) is 13.9. The minimum atomic E-state index is -0.474. The minimum Gasteiger partial charge on any atom is -0.391 e. The summed E-state index contributed by atoms with van der Waals surface area (Å²) in [7, 11) is 0. The molecule has 0 radical (unpaired) electrons. The molecule has 0 bridgehead atoms. The molecule has 1 N–H and O–H groups in total. The van der Waals surface area contributed by atoms with E-state index in [1.54, 1.807) is 0 Å². The van der Waals surface area contributed by atoms with Gasteiger partial charge < -0.3 is 9.84 Å². The van der Waals surface area contributed by atoms with Crippen molar-refractivity contribution in [2.45, 2.75) is 42.8 Å². The van der Waals surface area contributed by atoms with E-state index in [-0.39, 0.29) is 15.4 Å². The number of rotatable bonds is 6. The molecule has 3 atom stereocenters. The van der Waals surface area contributed by atoms with Crippen LogP contribution in [-0.4, -0.2) is 33.2 Å². The summed E-state index contributed by atoms with van der Waals surface area (Å²) in [5.74, 6) is 0.276. The molecule has 13 heavy (non-hydrogen) atoms. The summed E-state index contributed by atoms with van der Waals surface area (Å²) in [6, 6.07) is 0. The van der Waals surface area contributed by atoms with Gasteiger partial charge in [-0.3, -0.25) is 0 Å². The van der Waals surface area contributed by atoms with Gasteiger partial charge in [0.05, 0.1) is 12.2 Å². The Bertz CT molecular complexity index is 142. The van der Waals surface area contributed by atoms with Gasteiger partial charge in [0.15, 0.2) is 0 Å². The van der Waals surface area contributed by atoms with Crippen LogP contribution in [0.1, 0.15) is 27.2 Å². The average molecular weight is 321 g/mol. The summed E-state index contributed by atoms with van der Waals surface area (Å²) in [6.07, 6.45) is 0.511. The molecule has 0 rings (SSSR count). The normalized spacial score (nSPS) is 20.8. The van der Waals surface area contributed by atoms with E-state index in [0.29, 0.717) is 6.61 Å². The van der Waals surface area contributed by atoms with Crippen LogP contribution >= 0.6 is 34.2 Å². The lowest BCUT2D eigenvalue weighted by molar-refractivity contribution is 0.0485. The Labute approximate surface area is 99.1 Å². The Morgan fingerprint density at radius 1 is 1.62 bits per heavy atom. The summed E-state index contributed by atoms with van der Waals surface area (Å²) < 4.78 is 5.21. The maximum absolute atomic E-state index is 9.61. The molecular formula is C9H18ClIO2. The van der Waals surface area contributed by atoms with Crippen LogP contribution in [0.25, 0.3) is 0 Å². The number of ether oxygens (including phenoxy) is 1. The second-order valence-corrected chi connectivity index (χ2v) is 6.19. The molecule has 0 aromatic carbocycles. The lowest BCUT2D eigenvalue weighted by Crippen LogP contribution is -2.37. The zero-order valence-corrected chi connectivity index (χ0v) is 11.3. The van der Waals surface area contributed by atoms with Gasteiger partial charge in [-0.1, -0.05) is 22.6 Å². The number of hydrogen-bond acceptors (Lipinski definition) is 2. The largest absolute Gasteiger partial charge is 0.391 e. The lowest BCUT2D eigenvalue weighted by atomic mass is 9.99. The molecule has 4 heteroatoms. The Morgan fingerprint density at radius 3 is 2.54 bits per heavy atom. The topological polar surface area (TPSA) is 29.5 Å². The first-order valence-electron chi connectivity index (χ1n) is 4.48. The second kappa shape index (κ2) is 6.43. The van der Waals surface area contributed by atoms with Crippen LogP contribution in [0.4, 0.5) is 0 Å². The number of aliphatic hydroxyl groups excluding tert-OH is 1. The van der Waals surface area contributed by atoms with Crippen molar-refractivity contribution in [1.29, 1.82) is 0 Å². The summed E-state index contributed by atoms with van der Waals surface area (Å²) in [5.41, 5.74) is 0. The summed E-state index contributed by atoms with van der Waals surface area (Å²) >= 11 is 7.84. The van der Waals surface area contributed by atoms with E-state index < -0.39 is 6.10 Å². The van der Waals surface area contributed by atoms with Crippen molar-refractivity contribution in [1.82, 2.24) is 0 Å². The first-order chi connectivity index (χ1) is 5.94. The molecule has 0 saturated carbocycles. The van der Waals surface area contributed by atoms with Crippen molar-refractivity contribution < 1.29 is 9.84 Å². The van der Waals surface area contributed by atoms with Crippen LogP contribution in [0.2, 0.25) is 0 Å². The van der Waals surface area contributed by atoms with E-state index >= 15 is 0 Å². The fourth-order valence-electron chi connectivity index (χ4n) is 1.20. The number of halogens is 2. The standard InChI is InChI=1S/C9H18ClIO2/c1-4-13-7(2)5-9(3,11)8(12)6-10/h7-8,12H,4-6H2,1-3H3/t7?,8-,9?/m0/s1. The molecule has 80 valence electrons. The Kier molecular flexibility index (Phi) is 6.89. The van der Waals surface area contributed by atoms with Gasteiger partial charge in [0, 0.05) is 15.9 Å². The van der Waals surface area contributed by atoms with Crippen LogP contribution in [0, 0.1) is 0 Å². The monoisotopic (exact) mass is 320 g/mol. The zero-order valence-electron chi connectivity index (χ0n) is 8.39. The van der Waals surface area contributed by atoms with Crippen molar-refractivity contribution in [3.8, 4) is 0 Å². The van der Waals surface area contributed by atoms with Gasteiger partial charge >= 0.3 is 0 Å². The van der Waals surface area contributed by atoms with Gasteiger partial charge in [-0.05, 0) is 27.2 Å². The van der Waals surface area contributed by atoms with Crippen LogP contribution in [0.3, 0.4) is 0 Å². The van der Waals surface area contributed by atoms with Crippen molar-refractivity contribution in [2.75, 3.05) is 12.5 Å². The molecule has 0 fully saturated rings. The van der Waals surface area contributed by atoms with Crippen LogP contribution in [-0.2, 0) is 4.74 Å². The Hall–Kier alpha value is 0.940. The summed E-state index contributed by atoms with van der Waals surface area (Å²) in [4.78, 5) is 0. The fourth-order valence-corrected chi connectivity index (χ4v) is 2.64. The van der Waals surface area contributed by atoms with Gasteiger partial charge in [0.1, 0.15) is 0 Å². The van der Waals surface area contributed by atoms with Crippen LogP contribution in [0.15, 0.2) is 0 Å². The molecule has 0 aliphatic carbocycles. The summed E-state index contributed by atoms with van der Waals surface area (Å²) in [6.45, 7) is 6.70. The van der Waals surface area contributed by atoms with Crippen LogP contribution in [0.5, 0.6) is 0 Å². The van der Waals surface area contributed by atoms with Gasteiger partial charge in [0.25, 0.3) is 0 Å². The predicted octanol–water partition coefficient (Wildman–Crippen LogP) is 2.59.